The van der Waals surface area contributed by atoms with Gasteiger partial charge in [0.1, 0.15) is 12.4 Å². The second-order valence-corrected chi connectivity index (χ2v) is 5.65. The first kappa shape index (κ1) is 23.6. The molecule has 0 fully saturated rings. The van der Waals surface area contributed by atoms with Gasteiger partial charge >= 0.3 is 0 Å². The van der Waals surface area contributed by atoms with Crippen molar-refractivity contribution in [3.63, 3.8) is 0 Å². The highest BCUT2D eigenvalue weighted by Gasteiger charge is 2.06. The van der Waals surface area contributed by atoms with Crippen molar-refractivity contribution in [3.05, 3.63) is 59.4 Å². The van der Waals surface area contributed by atoms with Crippen LogP contribution in [0, 0.1) is 18.2 Å². The molecule has 0 radical (unpaired) electrons. The Hall–Kier alpha value is -2.47. The first-order valence-electron chi connectivity index (χ1n) is 8.66. The Balaban J connectivity index is 0.00000392. The van der Waals surface area contributed by atoms with Crippen LogP contribution in [-0.4, -0.2) is 26.2 Å². The van der Waals surface area contributed by atoms with Crippen LogP contribution < -0.4 is 20.1 Å². The molecule has 2 rings (SSSR count). The first-order chi connectivity index (χ1) is 13.2. The predicted molar refractivity (Wildman–Crippen MR) is 121 cm³/mol. The lowest BCUT2D eigenvalue weighted by molar-refractivity contribution is 0.330. The minimum absolute atomic E-state index is 0. The maximum atomic E-state index is 13.0. The van der Waals surface area contributed by atoms with Crippen molar-refractivity contribution in [1.29, 1.82) is 0 Å². The summed E-state index contributed by atoms with van der Waals surface area (Å²) in [6, 6.07) is 12.0. The summed E-state index contributed by atoms with van der Waals surface area (Å²) in [5.41, 5.74) is 1.93. The zero-order chi connectivity index (χ0) is 19.5. The van der Waals surface area contributed by atoms with Gasteiger partial charge in [0.2, 0.25) is 0 Å². The minimum Gasteiger partial charge on any atom is -0.493 e. The first-order valence-corrected chi connectivity index (χ1v) is 8.66. The van der Waals surface area contributed by atoms with Gasteiger partial charge in [0.05, 0.1) is 13.7 Å². The van der Waals surface area contributed by atoms with Gasteiger partial charge in [-0.25, -0.2) is 9.38 Å². The van der Waals surface area contributed by atoms with E-state index in [1.165, 1.54) is 12.1 Å². The van der Waals surface area contributed by atoms with Crippen molar-refractivity contribution < 1.29 is 13.9 Å². The highest BCUT2D eigenvalue weighted by Crippen LogP contribution is 2.28. The second kappa shape index (κ2) is 12.8. The molecule has 2 aromatic carbocycles. The molecule has 150 valence electrons. The molecule has 0 spiro atoms. The van der Waals surface area contributed by atoms with Crippen LogP contribution in [0.15, 0.2) is 47.5 Å². The number of hydrogen-bond acceptors (Lipinski definition) is 3. The van der Waals surface area contributed by atoms with E-state index in [0.717, 1.165) is 17.7 Å². The Morgan fingerprint density at radius 3 is 2.46 bits per heavy atom. The fourth-order valence-corrected chi connectivity index (χ4v) is 2.35. The molecule has 0 saturated carbocycles. The van der Waals surface area contributed by atoms with Crippen molar-refractivity contribution in [2.24, 2.45) is 4.99 Å². The zero-order valence-corrected chi connectivity index (χ0v) is 18.3. The van der Waals surface area contributed by atoms with E-state index in [4.69, 9.17) is 15.9 Å². The molecular weight excluding hydrogens is 472 g/mol. The van der Waals surface area contributed by atoms with Gasteiger partial charge in [0, 0.05) is 13.1 Å². The summed E-state index contributed by atoms with van der Waals surface area (Å²) in [7, 11) is 1.58. The SMILES string of the molecule is C#CCOc1cc(CN=C(NCC)NCc2ccc(F)cc2)ccc1OC.I. The molecule has 0 heterocycles. The molecule has 28 heavy (non-hydrogen) atoms. The summed E-state index contributed by atoms with van der Waals surface area (Å²) in [6.07, 6.45) is 5.25. The number of halogens is 2. The largest absolute Gasteiger partial charge is 0.493 e. The normalized spacial score (nSPS) is 10.4. The van der Waals surface area contributed by atoms with Gasteiger partial charge in [0.25, 0.3) is 0 Å². The summed E-state index contributed by atoms with van der Waals surface area (Å²) in [5, 5.41) is 6.42. The highest BCUT2D eigenvalue weighted by atomic mass is 127. The van der Waals surface area contributed by atoms with Crippen molar-refractivity contribution >= 4 is 29.9 Å². The average Bonchev–Trinajstić information content (AvgIpc) is 2.69. The summed E-state index contributed by atoms with van der Waals surface area (Å²) in [6.45, 7) is 3.90. The fraction of sp³-hybridized carbons (Fsp3) is 0.286. The molecule has 2 aromatic rings. The Bertz CT molecular complexity index is 804. The van der Waals surface area contributed by atoms with Crippen LogP contribution in [0.4, 0.5) is 4.39 Å². The number of aliphatic imine (C=N–C) groups is 1. The fourth-order valence-electron chi connectivity index (χ4n) is 2.35. The lowest BCUT2D eigenvalue weighted by atomic mass is 10.2. The van der Waals surface area contributed by atoms with E-state index in [1.54, 1.807) is 19.2 Å². The molecule has 0 aromatic heterocycles. The van der Waals surface area contributed by atoms with Gasteiger partial charge in [-0.05, 0) is 42.3 Å². The summed E-state index contributed by atoms with van der Waals surface area (Å²) in [4.78, 5) is 4.58. The van der Waals surface area contributed by atoms with E-state index in [9.17, 15) is 4.39 Å². The van der Waals surface area contributed by atoms with Crippen LogP contribution in [-0.2, 0) is 13.1 Å². The van der Waals surface area contributed by atoms with Gasteiger partial charge in [-0.2, -0.15) is 0 Å². The quantitative estimate of drug-likeness (QED) is 0.253. The van der Waals surface area contributed by atoms with E-state index >= 15 is 0 Å². The van der Waals surface area contributed by atoms with Crippen LogP contribution in [0.1, 0.15) is 18.1 Å². The maximum absolute atomic E-state index is 13.0. The number of nitrogens with one attached hydrogen (secondary N) is 2. The average molecular weight is 497 g/mol. The van der Waals surface area contributed by atoms with Gasteiger partial charge in [-0.15, -0.1) is 30.4 Å². The molecule has 0 aliphatic carbocycles. The Morgan fingerprint density at radius 1 is 1.11 bits per heavy atom. The second-order valence-electron chi connectivity index (χ2n) is 5.65. The number of methoxy groups -OCH3 is 1. The highest BCUT2D eigenvalue weighted by molar-refractivity contribution is 14.0. The maximum Gasteiger partial charge on any atom is 0.191 e. The third kappa shape index (κ3) is 7.64. The van der Waals surface area contributed by atoms with Crippen molar-refractivity contribution in [3.8, 4) is 23.8 Å². The van der Waals surface area contributed by atoms with Crippen LogP contribution in [0.2, 0.25) is 0 Å². The Labute approximate surface area is 182 Å². The topological polar surface area (TPSA) is 54.9 Å². The van der Waals surface area contributed by atoms with Crippen LogP contribution in [0.25, 0.3) is 0 Å². The molecule has 0 amide bonds. The smallest absolute Gasteiger partial charge is 0.191 e. The molecule has 0 saturated heterocycles. The summed E-state index contributed by atoms with van der Waals surface area (Å²) < 4.78 is 23.8. The van der Waals surface area contributed by atoms with Gasteiger partial charge in [-0.3, -0.25) is 0 Å². The molecule has 0 aliphatic rings. The Morgan fingerprint density at radius 2 is 1.82 bits per heavy atom. The number of benzene rings is 2. The minimum atomic E-state index is -0.248. The lowest BCUT2D eigenvalue weighted by Crippen LogP contribution is -2.36. The summed E-state index contributed by atoms with van der Waals surface area (Å²) >= 11 is 0. The molecule has 0 aliphatic heterocycles. The number of guanidine groups is 1. The molecule has 2 N–H and O–H groups in total. The van der Waals surface area contributed by atoms with Gasteiger partial charge in [0.15, 0.2) is 17.5 Å². The molecule has 0 unspecified atom stereocenters. The third-order valence-electron chi connectivity index (χ3n) is 3.68. The number of terminal acetylenes is 1. The third-order valence-corrected chi connectivity index (χ3v) is 3.68. The number of rotatable bonds is 8. The zero-order valence-electron chi connectivity index (χ0n) is 16.0. The lowest BCUT2D eigenvalue weighted by Gasteiger charge is -2.12. The van der Waals surface area contributed by atoms with Gasteiger partial charge < -0.3 is 20.1 Å². The monoisotopic (exact) mass is 497 g/mol. The van der Waals surface area contributed by atoms with E-state index in [0.29, 0.717) is 30.5 Å². The van der Waals surface area contributed by atoms with E-state index < -0.39 is 0 Å². The standard InChI is InChI=1S/C21H24FN3O2.HI/c1-4-12-27-20-13-17(8-11-19(20)26-3)15-25-21(23-5-2)24-14-16-6-9-18(22)10-7-16;/h1,6-11,13H,5,12,14-15H2,2-3H3,(H2,23,24,25);1H. The number of nitrogens with zero attached hydrogens (tertiary/aromatic N) is 1. The van der Waals surface area contributed by atoms with E-state index in [1.807, 2.05) is 25.1 Å². The number of ether oxygens (including phenoxy) is 2. The molecule has 0 atom stereocenters. The van der Waals surface area contributed by atoms with Crippen molar-refractivity contribution in [2.75, 3.05) is 20.3 Å². The van der Waals surface area contributed by atoms with E-state index in [2.05, 4.69) is 21.5 Å². The summed E-state index contributed by atoms with van der Waals surface area (Å²) in [5.74, 6) is 4.08. The van der Waals surface area contributed by atoms with Crippen LogP contribution >= 0.6 is 24.0 Å². The number of hydrogen-bond donors (Lipinski definition) is 2. The van der Waals surface area contributed by atoms with Crippen LogP contribution in [0.3, 0.4) is 0 Å². The van der Waals surface area contributed by atoms with Crippen molar-refractivity contribution in [1.82, 2.24) is 10.6 Å². The molecular formula is C21H25FIN3O2. The van der Waals surface area contributed by atoms with E-state index in [-0.39, 0.29) is 36.4 Å². The molecule has 7 heteroatoms. The molecule has 5 nitrogen and oxygen atoms in total. The molecule has 0 bridgehead atoms. The van der Waals surface area contributed by atoms with Crippen LogP contribution in [0.5, 0.6) is 11.5 Å². The predicted octanol–water partition coefficient (Wildman–Crippen LogP) is 3.72. The Kier molecular flexibility index (Phi) is 10.8. The van der Waals surface area contributed by atoms with Crippen molar-refractivity contribution in [2.45, 2.75) is 20.0 Å². The van der Waals surface area contributed by atoms with Gasteiger partial charge in [-0.1, -0.05) is 24.1 Å².